The predicted octanol–water partition coefficient (Wildman–Crippen LogP) is 0.459. The minimum atomic E-state index is -3.96. The Morgan fingerprint density at radius 2 is 2.24 bits per heavy atom. The maximum absolute atomic E-state index is 13.0. The molecule has 0 saturated carbocycles. The van der Waals surface area contributed by atoms with Gasteiger partial charge in [-0.05, 0) is 18.2 Å². The smallest absolute Gasteiger partial charge is 0.409 e. The molecule has 1 aliphatic rings. The van der Waals surface area contributed by atoms with Crippen LogP contribution in [0.25, 0.3) is 0 Å². The highest BCUT2D eigenvalue weighted by Crippen LogP contribution is 2.38. The van der Waals surface area contributed by atoms with Crippen LogP contribution >= 0.6 is 0 Å². The summed E-state index contributed by atoms with van der Waals surface area (Å²) in [4.78, 5) is 10.8. The van der Waals surface area contributed by atoms with Crippen molar-refractivity contribution in [2.75, 3.05) is 22.8 Å². The highest BCUT2D eigenvalue weighted by molar-refractivity contribution is 7.92. The van der Waals surface area contributed by atoms with Gasteiger partial charge >= 0.3 is 6.09 Å². The van der Waals surface area contributed by atoms with Gasteiger partial charge in [0, 0.05) is 18.9 Å². The lowest BCUT2D eigenvalue weighted by molar-refractivity contribution is 0.116. The zero-order valence-corrected chi connectivity index (χ0v) is 14.0. The van der Waals surface area contributed by atoms with E-state index in [1.165, 1.54) is 35.3 Å². The number of aryl methyl sites for hydroxylation is 1. The van der Waals surface area contributed by atoms with E-state index in [9.17, 15) is 18.3 Å². The molecule has 1 aromatic carbocycles. The first-order chi connectivity index (χ1) is 11.8. The van der Waals surface area contributed by atoms with Gasteiger partial charge in [0.25, 0.3) is 10.0 Å². The van der Waals surface area contributed by atoms with E-state index in [1.54, 1.807) is 7.05 Å². The monoisotopic (exact) mass is 368 g/mol. The van der Waals surface area contributed by atoms with Crippen molar-refractivity contribution >= 4 is 27.5 Å². The van der Waals surface area contributed by atoms with Crippen molar-refractivity contribution in [1.82, 2.24) is 9.78 Å². The Kier molecular flexibility index (Phi) is 4.27. The first-order valence-corrected chi connectivity index (χ1v) is 8.68. The molecule has 134 valence electrons. The number of carbonyl (C=O) groups is 1. The van der Waals surface area contributed by atoms with Crippen LogP contribution in [0.4, 0.5) is 16.2 Å². The van der Waals surface area contributed by atoms with Crippen molar-refractivity contribution in [3.8, 4) is 5.75 Å². The quantitative estimate of drug-likeness (QED) is 0.713. The number of hydrogen-bond acceptors (Lipinski definition) is 6. The van der Waals surface area contributed by atoms with Crippen molar-refractivity contribution in [2.45, 2.75) is 11.0 Å². The number of aromatic nitrogens is 2. The minimum Gasteiger partial charge on any atom is -0.484 e. The number of aliphatic hydroxyl groups excluding tert-OH is 1. The first kappa shape index (κ1) is 17.0. The number of anilines is 2. The Hall–Kier alpha value is -2.79. The fraction of sp³-hybridized carbons (Fsp3) is 0.286. The normalized spacial score (nSPS) is 16.9. The average molecular weight is 368 g/mol. The summed E-state index contributed by atoms with van der Waals surface area (Å²) in [5.74, 6) is 0.230. The first-order valence-electron chi connectivity index (χ1n) is 7.24. The third kappa shape index (κ3) is 3.23. The number of fused-ring (bicyclic) bond motifs is 1. The molecular formula is C14H16N4O6S. The van der Waals surface area contributed by atoms with Gasteiger partial charge in [0.05, 0.1) is 25.0 Å². The van der Waals surface area contributed by atoms with Gasteiger partial charge in [-0.3, -0.25) is 14.3 Å². The molecule has 11 heteroatoms. The summed E-state index contributed by atoms with van der Waals surface area (Å²) >= 11 is 0. The Bertz CT molecular complexity index is 910. The maximum atomic E-state index is 13.0. The largest absolute Gasteiger partial charge is 0.484 e. The van der Waals surface area contributed by atoms with Gasteiger partial charge in [-0.2, -0.15) is 5.10 Å². The second-order valence-electron chi connectivity index (χ2n) is 5.42. The number of hydrogen-bond donors (Lipinski definition) is 3. The van der Waals surface area contributed by atoms with E-state index in [0.29, 0.717) is 0 Å². The van der Waals surface area contributed by atoms with Gasteiger partial charge in [0.2, 0.25) is 0 Å². The van der Waals surface area contributed by atoms with Crippen LogP contribution in [-0.2, 0) is 17.1 Å². The van der Waals surface area contributed by atoms with E-state index in [4.69, 9.17) is 9.84 Å². The van der Waals surface area contributed by atoms with Gasteiger partial charge < -0.3 is 14.9 Å². The molecule has 0 spiro atoms. The summed E-state index contributed by atoms with van der Waals surface area (Å²) < 4.78 is 33.9. The predicted molar refractivity (Wildman–Crippen MR) is 87.3 cm³/mol. The molecule has 0 bridgehead atoms. The van der Waals surface area contributed by atoms with Gasteiger partial charge in [0.1, 0.15) is 16.7 Å². The van der Waals surface area contributed by atoms with Gasteiger partial charge in [-0.25, -0.2) is 13.2 Å². The van der Waals surface area contributed by atoms with Crippen molar-refractivity contribution in [2.24, 2.45) is 7.05 Å². The molecule has 1 aromatic heterocycles. The Morgan fingerprint density at radius 1 is 1.48 bits per heavy atom. The highest BCUT2D eigenvalue weighted by Gasteiger charge is 2.35. The lowest BCUT2D eigenvalue weighted by Crippen LogP contribution is -2.45. The molecular weight excluding hydrogens is 352 g/mol. The average Bonchev–Trinajstić information content (AvgIpc) is 3.00. The van der Waals surface area contributed by atoms with E-state index < -0.39 is 22.2 Å². The number of sulfonamides is 1. The van der Waals surface area contributed by atoms with E-state index in [2.05, 4.69) is 10.4 Å². The lowest BCUT2D eigenvalue weighted by Gasteiger charge is -2.34. The maximum Gasteiger partial charge on any atom is 0.409 e. The van der Waals surface area contributed by atoms with Crippen LogP contribution in [0.15, 0.2) is 35.5 Å². The number of carboxylic acid groups (broad SMARTS) is 1. The van der Waals surface area contributed by atoms with Crippen LogP contribution in [0, 0.1) is 0 Å². The summed E-state index contributed by atoms with van der Waals surface area (Å²) in [6.45, 7) is -0.481. The minimum absolute atomic E-state index is 0.0175. The van der Waals surface area contributed by atoms with Crippen LogP contribution in [-0.4, -0.2) is 53.8 Å². The molecule has 10 nitrogen and oxygen atoms in total. The molecule has 1 aliphatic heterocycles. The topological polar surface area (TPSA) is 134 Å². The fourth-order valence-corrected chi connectivity index (χ4v) is 3.98. The fourth-order valence-electron chi connectivity index (χ4n) is 2.50. The molecule has 25 heavy (non-hydrogen) atoms. The van der Waals surface area contributed by atoms with Crippen molar-refractivity contribution in [3.05, 3.63) is 30.6 Å². The van der Waals surface area contributed by atoms with Gasteiger partial charge in [0.15, 0.2) is 0 Å². The summed E-state index contributed by atoms with van der Waals surface area (Å²) in [7, 11) is -2.36. The molecule has 0 saturated heterocycles. The van der Waals surface area contributed by atoms with Crippen molar-refractivity contribution < 1.29 is 28.2 Å². The molecule has 1 atom stereocenters. The molecule has 0 radical (unpaired) electrons. The highest BCUT2D eigenvalue weighted by atomic mass is 32.2. The molecule has 3 N–H and O–H groups in total. The van der Waals surface area contributed by atoms with E-state index >= 15 is 0 Å². The number of aliphatic hydroxyl groups is 1. The second-order valence-corrected chi connectivity index (χ2v) is 7.28. The van der Waals surface area contributed by atoms with Crippen LogP contribution in [0.1, 0.15) is 0 Å². The van der Waals surface area contributed by atoms with Gasteiger partial charge in [-0.15, -0.1) is 0 Å². The lowest BCUT2D eigenvalue weighted by atomic mass is 10.2. The van der Waals surface area contributed by atoms with Gasteiger partial charge in [-0.1, -0.05) is 0 Å². The standard InChI is InChI=1S/C14H16N4O6S/c1-17-7-11(5-15-17)25(22,23)18-6-10(8-19)24-13-3-2-9(4-12(13)18)16-14(20)21/h2-5,7,10,16,19H,6,8H2,1H3,(H,20,21). The number of ether oxygens (including phenoxy) is 1. The summed E-state index contributed by atoms with van der Waals surface area (Å²) in [5, 5.41) is 24.3. The molecule has 0 fully saturated rings. The van der Waals surface area contributed by atoms with E-state index in [0.717, 1.165) is 4.31 Å². The number of rotatable bonds is 4. The zero-order chi connectivity index (χ0) is 18.2. The van der Waals surface area contributed by atoms with Crippen molar-refractivity contribution in [1.29, 1.82) is 0 Å². The van der Waals surface area contributed by atoms with Crippen LogP contribution < -0.4 is 14.4 Å². The number of nitrogens with zero attached hydrogens (tertiary/aromatic N) is 3. The van der Waals surface area contributed by atoms with E-state index in [1.807, 2.05) is 0 Å². The van der Waals surface area contributed by atoms with Crippen molar-refractivity contribution in [3.63, 3.8) is 0 Å². The molecule has 2 heterocycles. The third-order valence-electron chi connectivity index (χ3n) is 3.61. The Balaban J connectivity index is 2.08. The summed E-state index contributed by atoms with van der Waals surface area (Å²) in [6.07, 6.45) is 0.569. The van der Waals surface area contributed by atoms with Crippen LogP contribution in [0.3, 0.4) is 0 Å². The molecule has 1 amide bonds. The van der Waals surface area contributed by atoms with Crippen LogP contribution in [0.2, 0.25) is 0 Å². The molecule has 0 aliphatic carbocycles. The zero-order valence-electron chi connectivity index (χ0n) is 13.2. The number of amides is 1. The Labute approximate surface area is 143 Å². The molecule has 1 unspecified atom stereocenters. The SMILES string of the molecule is Cn1cc(S(=O)(=O)N2CC(CO)Oc3ccc(NC(=O)O)cc32)cn1. The summed E-state index contributed by atoms with van der Waals surface area (Å²) in [5.41, 5.74) is 0.378. The molecule has 3 rings (SSSR count). The Morgan fingerprint density at radius 3 is 2.84 bits per heavy atom. The number of benzene rings is 1. The third-order valence-corrected chi connectivity index (χ3v) is 5.35. The van der Waals surface area contributed by atoms with Crippen LogP contribution in [0.5, 0.6) is 5.75 Å². The number of nitrogens with one attached hydrogen (secondary N) is 1. The molecule has 2 aromatic rings. The summed E-state index contributed by atoms with van der Waals surface area (Å²) in [6, 6.07) is 4.26. The second kappa shape index (κ2) is 6.26. The van der Waals surface area contributed by atoms with E-state index in [-0.39, 0.29) is 35.2 Å².